The summed E-state index contributed by atoms with van der Waals surface area (Å²) >= 11 is 0. The van der Waals surface area contributed by atoms with Gasteiger partial charge in [0, 0.05) is 31.6 Å². The highest BCUT2D eigenvalue weighted by Gasteiger charge is 2.33. The van der Waals surface area contributed by atoms with Crippen LogP contribution < -0.4 is 10.2 Å². The van der Waals surface area contributed by atoms with Crippen molar-refractivity contribution in [3.63, 3.8) is 0 Å². The molecule has 4 heterocycles. The summed E-state index contributed by atoms with van der Waals surface area (Å²) < 4.78 is 31.9. The van der Waals surface area contributed by atoms with Gasteiger partial charge in [0.1, 0.15) is 29.3 Å². The van der Waals surface area contributed by atoms with E-state index in [2.05, 4.69) is 20.5 Å². The molecule has 2 aliphatic rings. The quantitative estimate of drug-likeness (QED) is 0.669. The van der Waals surface area contributed by atoms with Crippen molar-refractivity contribution in [2.45, 2.75) is 44.3 Å². The Bertz CT molecular complexity index is 1180. The standard InChI is InChI=1S/C21H21F2N7O2/c1-28-17-8-10-24-29(17)11-9-14(21(28)32)25-20(31)19-26-16-7-3-6-15(30(16)27-19)18-12(22)4-2-5-13(18)23/h2,4-5,8,10,14-15H,3,6-7,9,11H2,1H3,(H,25,31)/t14-,15?/m0/s1. The van der Waals surface area contributed by atoms with E-state index in [1.54, 1.807) is 24.0 Å². The van der Waals surface area contributed by atoms with Crippen LogP contribution in [0.15, 0.2) is 30.5 Å². The van der Waals surface area contributed by atoms with Crippen molar-refractivity contribution in [1.82, 2.24) is 29.9 Å². The first-order valence-electron chi connectivity index (χ1n) is 10.4. The van der Waals surface area contributed by atoms with Gasteiger partial charge in [-0.05, 0) is 31.4 Å². The summed E-state index contributed by atoms with van der Waals surface area (Å²) in [7, 11) is 1.63. The molecule has 0 spiro atoms. The molecule has 9 nitrogen and oxygen atoms in total. The zero-order valence-electron chi connectivity index (χ0n) is 17.3. The molecule has 0 saturated carbocycles. The molecule has 1 N–H and O–H groups in total. The van der Waals surface area contributed by atoms with E-state index in [0.29, 0.717) is 43.9 Å². The number of benzene rings is 1. The fourth-order valence-corrected chi connectivity index (χ4v) is 4.40. The summed E-state index contributed by atoms with van der Waals surface area (Å²) in [4.78, 5) is 31.5. The molecule has 2 amide bonds. The van der Waals surface area contributed by atoms with Crippen molar-refractivity contribution in [3.8, 4) is 0 Å². The predicted octanol–water partition coefficient (Wildman–Crippen LogP) is 1.84. The van der Waals surface area contributed by atoms with Crippen LogP contribution in [0.2, 0.25) is 0 Å². The molecule has 0 bridgehead atoms. The van der Waals surface area contributed by atoms with Gasteiger partial charge in [-0.25, -0.2) is 23.1 Å². The Kier molecular flexibility index (Phi) is 4.95. The van der Waals surface area contributed by atoms with E-state index in [1.165, 1.54) is 27.8 Å². The van der Waals surface area contributed by atoms with Gasteiger partial charge < -0.3 is 5.32 Å². The molecular weight excluding hydrogens is 420 g/mol. The van der Waals surface area contributed by atoms with E-state index in [4.69, 9.17) is 0 Å². The molecule has 0 fully saturated rings. The lowest BCUT2D eigenvalue weighted by Gasteiger charge is -2.24. The Balaban J connectivity index is 1.39. The van der Waals surface area contributed by atoms with Crippen LogP contribution in [0, 0.1) is 11.6 Å². The zero-order chi connectivity index (χ0) is 22.4. The number of fused-ring (bicyclic) bond motifs is 2. The number of rotatable bonds is 3. The van der Waals surface area contributed by atoms with Crippen LogP contribution in [-0.2, 0) is 17.8 Å². The zero-order valence-corrected chi connectivity index (χ0v) is 17.3. The summed E-state index contributed by atoms with van der Waals surface area (Å²) in [6.45, 7) is 0.463. The Morgan fingerprint density at radius 2 is 1.97 bits per heavy atom. The lowest BCUT2D eigenvalue weighted by molar-refractivity contribution is -0.120. The monoisotopic (exact) mass is 441 g/mol. The first kappa shape index (κ1) is 20.3. The molecule has 5 rings (SSSR count). The fraction of sp³-hybridized carbons (Fsp3) is 0.381. The molecule has 1 unspecified atom stereocenters. The van der Waals surface area contributed by atoms with Crippen LogP contribution in [0.25, 0.3) is 0 Å². The normalized spacial score (nSPS) is 20.5. The number of amides is 2. The van der Waals surface area contributed by atoms with Crippen molar-refractivity contribution in [3.05, 3.63) is 59.3 Å². The Morgan fingerprint density at radius 3 is 2.75 bits per heavy atom. The first-order chi connectivity index (χ1) is 15.4. The van der Waals surface area contributed by atoms with Crippen molar-refractivity contribution in [2.75, 3.05) is 11.9 Å². The van der Waals surface area contributed by atoms with Crippen LogP contribution in [0.4, 0.5) is 14.6 Å². The van der Waals surface area contributed by atoms with Gasteiger partial charge in [-0.2, -0.15) is 5.10 Å². The topological polar surface area (TPSA) is 97.9 Å². The maximum atomic E-state index is 14.4. The second-order valence-corrected chi connectivity index (χ2v) is 7.96. The number of carbonyl (C=O) groups is 2. The van der Waals surface area contributed by atoms with Gasteiger partial charge in [-0.15, -0.1) is 5.10 Å². The van der Waals surface area contributed by atoms with Gasteiger partial charge in [0.05, 0.1) is 12.2 Å². The maximum absolute atomic E-state index is 14.4. The summed E-state index contributed by atoms with van der Waals surface area (Å²) in [5.41, 5.74) is -0.0831. The van der Waals surface area contributed by atoms with Gasteiger partial charge in [-0.3, -0.25) is 14.5 Å². The molecule has 11 heteroatoms. The van der Waals surface area contributed by atoms with E-state index in [1.807, 2.05) is 0 Å². The SMILES string of the molecule is CN1C(=O)[C@@H](NC(=O)c2nc3n(n2)C(c2c(F)cccc2F)CCC3)CCn2nccc21. The molecule has 2 aromatic heterocycles. The number of hydrogen-bond acceptors (Lipinski definition) is 5. The Hall–Kier alpha value is -3.63. The molecule has 32 heavy (non-hydrogen) atoms. The van der Waals surface area contributed by atoms with Crippen LogP contribution in [0.3, 0.4) is 0 Å². The number of hydrogen-bond donors (Lipinski definition) is 1. The van der Waals surface area contributed by atoms with Gasteiger partial charge in [0.15, 0.2) is 0 Å². The van der Waals surface area contributed by atoms with Crippen LogP contribution >= 0.6 is 0 Å². The summed E-state index contributed by atoms with van der Waals surface area (Å²) in [5.74, 6) is -1.18. The smallest absolute Gasteiger partial charge is 0.291 e. The van der Waals surface area contributed by atoms with Crippen LogP contribution in [-0.4, -0.2) is 49.4 Å². The third kappa shape index (κ3) is 3.33. The Labute approximate surface area is 182 Å². The third-order valence-corrected chi connectivity index (χ3v) is 6.01. The average Bonchev–Trinajstić information content (AvgIpc) is 3.40. The lowest BCUT2D eigenvalue weighted by atomic mass is 9.97. The van der Waals surface area contributed by atoms with Crippen molar-refractivity contribution >= 4 is 17.6 Å². The van der Waals surface area contributed by atoms with Gasteiger partial charge in [0.2, 0.25) is 5.82 Å². The summed E-state index contributed by atoms with van der Waals surface area (Å²) in [5, 5.41) is 11.2. The van der Waals surface area contributed by atoms with Gasteiger partial charge in [0.25, 0.3) is 11.8 Å². The van der Waals surface area contributed by atoms with Crippen molar-refractivity contribution < 1.29 is 18.4 Å². The fourth-order valence-electron chi connectivity index (χ4n) is 4.40. The maximum Gasteiger partial charge on any atom is 0.291 e. The second-order valence-electron chi connectivity index (χ2n) is 7.96. The molecule has 0 aliphatic carbocycles. The van der Waals surface area contributed by atoms with E-state index in [-0.39, 0.29) is 17.3 Å². The van der Waals surface area contributed by atoms with Gasteiger partial charge in [-0.1, -0.05) is 6.07 Å². The number of aryl methyl sites for hydroxylation is 2. The minimum atomic E-state index is -0.769. The number of nitrogens with zero attached hydrogens (tertiary/aromatic N) is 6. The number of halogens is 2. The Morgan fingerprint density at radius 1 is 1.19 bits per heavy atom. The second kappa shape index (κ2) is 7.81. The number of anilines is 1. The molecule has 2 atom stereocenters. The molecule has 3 aromatic rings. The van der Waals surface area contributed by atoms with E-state index < -0.39 is 29.6 Å². The minimum absolute atomic E-state index is 0.0831. The summed E-state index contributed by atoms with van der Waals surface area (Å²) in [6.07, 6.45) is 3.66. The number of nitrogens with one attached hydrogen (secondary N) is 1. The van der Waals surface area contributed by atoms with E-state index in [9.17, 15) is 18.4 Å². The number of aromatic nitrogens is 5. The molecular formula is C21H21F2N7O2. The number of carbonyl (C=O) groups excluding carboxylic acids is 2. The lowest BCUT2D eigenvalue weighted by Crippen LogP contribution is -2.47. The predicted molar refractivity (Wildman–Crippen MR) is 109 cm³/mol. The van der Waals surface area contributed by atoms with Crippen molar-refractivity contribution in [1.29, 1.82) is 0 Å². The summed E-state index contributed by atoms with van der Waals surface area (Å²) in [6, 6.07) is 4.00. The largest absolute Gasteiger partial charge is 0.337 e. The highest BCUT2D eigenvalue weighted by atomic mass is 19.1. The van der Waals surface area contributed by atoms with Crippen LogP contribution in [0.1, 0.15) is 47.3 Å². The minimum Gasteiger partial charge on any atom is -0.337 e. The van der Waals surface area contributed by atoms with E-state index >= 15 is 0 Å². The molecule has 166 valence electrons. The van der Waals surface area contributed by atoms with Crippen LogP contribution in [0.5, 0.6) is 0 Å². The van der Waals surface area contributed by atoms with Crippen molar-refractivity contribution in [2.24, 2.45) is 0 Å². The van der Waals surface area contributed by atoms with E-state index in [0.717, 1.165) is 0 Å². The third-order valence-electron chi connectivity index (χ3n) is 6.01. The number of likely N-dealkylation sites (N-methyl/N-ethyl adjacent to an activating group) is 1. The average molecular weight is 441 g/mol. The molecule has 0 radical (unpaired) electrons. The molecule has 2 aliphatic heterocycles. The highest BCUT2D eigenvalue weighted by Crippen LogP contribution is 2.32. The van der Waals surface area contributed by atoms with Gasteiger partial charge >= 0.3 is 0 Å². The molecule has 1 aromatic carbocycles. The molecule has 0 saturated heterocycles. The first-order valence-corrected chi connectivity index (χ1v) is 10.4. The highest BCUT2D eigenvalue weighted by molar-refractivity contribution is 6.00.